The van der Waals surface area contributed by atoms with Crippen LogP contribution in [0.3, 0.4) is 0 Å². The molecule has 2 aromatic rings. The average molecular weight is 233 g/mol. The third kappa shape index (κ3) is 2.57. The molecule has 1 aromatic heterocycles. The molecule has 1 aromatic carbocycles. The van der Waals surface area contributed by atoms with Gasteiger partial charge >= 0.3 is 5.82 Å². The van der Waals surface area contributed by atoms with Crippen molar-refractivity contribution in [2.24, 2.45) is 7.05 Å². The highest BCUT2D eigenvalue weighted by atomic mass is 16.6. The number of nitrogens with zero attached hydrogens (tertiary/aromatic N) is 4. The predicted molar refractivity (Wildman–Crippen MR) is 61.4 cm³/mol. The summed E-state index contributed by atoms with van der Waals surface area (Å²) >= 11 is 0. The quantitative estimate of drug-likeness (QED) is 0.636. The van der Waals surface area contributed by atoms with Crippen LogP contribution in [0.5, 0.6) is 0 Å². The molecule has 0 saturated heterocycles. The van der Waals surface area contributed by atoms with Gasteiger partial charge in [0.25, 0.3) is 5.82 Å². The zero-order chi connectivity index (χ0) is 12.3. The van der Waals surface area contributed by atoms with Gasteiger partial charge in [-0.25, -0.2) is 0 Å². The lowest BCUT2D eigenvalue weighted by Crippen LogP contribution is -2.02. The first-order valence-corrected chi connectivity index (χ1v) is 5.00. The lowest BCUT2D eigenvalue weighted by atomic mass is 10.2. The van der Waals surface area contributed by atoms with Gasteiger partial charge in [0, 0.05) is 6.54 Å². The lowest BCUT2D eigenvalue weighted by Gasteiger charge is -2.01. The summed E-state index contributed by atoms with van der Waals surface area (Å²) in [6.07, 6.45) is 0. The largest absolute Gasteiger partial charge is 0.434 e. The summed E-state index contributed by atoms with van der Waals surface area (Å²) in [5.41, 5.74) is 1.02. The Morgan fingerprint density at radius 2 is 2.06 bits per heavy atom. The SMILES string of the molecule is Cn1nc(NCc2ccccc2)c([N+](=O)[O-])n1. The first kappa shape index (κ1) is 11.1. The van der Waals surface area contributed by atoms with E-state index in [9.17, 15) is 10.1 Å². The fraction of sp³-hybridized carbons (Fsp3) is 0.200. The van der Waals surface area contributed by atoms with E-state index in [1.165, 1.54) is 4.80 Å². The van der Waals surface area contributed by atoms with Crippen LogP contribution < -0.4 is 5.32 Å². The van der Waals surface area contributed by atoms with Crippen molar-refractivity contribution in [1.82, 2.24) is 15.0 Å². The van der Waals surface area contributed by atoms with Crippen molar-refractivity contribution in [3.05, 3.63) is 46.0 Å². The van der Waals surface area contributed by atoms with Gasteiger partial charge in [-0.05, 0) is 10.5 Å². The van der Waals surface area contributed by atoms with Crippen molar-refractivity contribution in [3.8, 4) is 0 Å². The second-order valence-corrected chi connectivity index (χ2v) is 3.46. The number of hydrogen-bond donors (Lipinski definition) is 1. The van der Waals surface area contributed by atoms with Crippen molar-refractivity contribution in [2.45, 2.75) is 6.54 Å². The van der Waals surface area contributed by atoms with Gasteiger partial charge in [-0.15, -0.1) is 5.10 Å². The van der Waals surface area contributed by atoms with E-state index in [0.29, 0.717) is 6.54 Å². The third-order valence-electron chi connectivity index (χ3n) is 2.17. The van der Waals surface area contributed by atoms with E-state index in [2.05, 4.69) is 15.5 Å². The van der Waals surface area contributed by atoms with Gasteiger partial charge in [0.2, 0.25) is 0 Å². The van der Waals surface area contributed by atoms with Gasteiger partial charge < -0.3 is 15.4 Å². The molecule has 0 spiro atoms. The molecule has 0 bridgehead atoms. The van der Waals surface area contributed by atoms with E-state index >= 15 is 0 Å². The molecule has 0 aliphatic heterocycles. The van der Waals surface area contributed by atoms with Crippen molar-refractivity contribution < 1.29 is 4.92 Å². The zero-order valence-electron chi connectivity index (χ0n) is 9.20. The van der Waals surface area contributed by atoms with Gasteiger partial charge in [-0.3, -0.25) is 0 Å². The summed E-state index contributed by atoms with van der Waals surface area (Å²) in [6, 6.07) is 9.57. The number of nitrogens with one attached hydrogen (secondary N) is 1. The molecule has 2 rings (SSSR count). The minimum atomic E-state index is -0.555. The molecule has 0 atom stereocenters. The van der Waals surface area contributed by atoms with Crippen LogP contribution in [0.25, 0.3) is 0 Å². The topological polar surface area (TPSA) is 85.9 Å². The van der Waals surface area contributed by atoms with Gasteiger partial charge in [0.15, 0.2) is 0 Å². The maximum atomic E-state index is 10.7. The molecule has 7 nitrogen and oxygen atoms in total. The monoisotopic (exact) mass is 233 g/mol. The van der Waals surface area contributed by atoms with E-state index < -0.39 is 4.92 Å². The van der Waals surface area contributed by atoms with Crippen molar-refractivity contribution >= 4 is 11.6 Å². The van der Waals surface area contributed by atoms with E-state index in [1.54, 1.807) is 7.05 Å². The predicted octanol–water partition coefficient (Wildman–Crippen LogP) is 1.34. The maximum Gasteiger partial charge on any atom is 0.434 e. The highest BCUT2D eigenvalue weighted by Crippen LogP contribution is 2.18. The fourth-order valence-corrected chi connectivity index (χ4v) is 1.42. The molecule has 0 fully saturated rings. The Kier molecular flexibility index (Phi) is 2.99. The van der Waals surface area contributed by atoms with E-state index in [4.69, 9.17) is 0 Å². The first-order valence-electron chi connectivity index (χ1n) is 5.00. The smallest absolute Gasteiger partial charge is 0.358 e. The molecule has 1 N–H and O–H groups in total. The average Bonchev–Trinajstić information content (AvgIpc) is 2.69. The van der Waals surface area contributed by atoms with Crippen molar-refractivity contribution in [1.29, 1.82) is 0 Å². The molecule has 17 heavy (non-hydrogen) atoms. The Bertz CT molecular complexity index is 523. The number of aryl methyl sites for hydroxylation is 1. The van der Waals surface area contributed by atoms with Crippen LogP contribution in [0, 0.1) is 10.1 Å². The third-order valence-corrected chi connectivity index (χ3v) is 2.17. The van der Waals surface area contributed by atoms with E-state index in [1.807, 2.05) is 30.3 Å². The maximum absolute atomic E-state index is 10.7. The van der Waals surface area contributed by atoms with Crippen LogP contribution in [-0.2, 0) is 13.6 Å². The molecule has 7 heteroatoms. The summed E-state index contributed by atoms with van der Waals surface area (Å²) in [5, 5.41) is 21.2. The van der Waals surface area contributed by atoms with E-state index in [-0.39, 0.29) is 11.6 Å². The minimum Gasteiger partial charge on any atom is -0.358 e. The second kappa shape index (κ2) is 4.60. The van der Waals surface area contributed by atoms with Gasteiger partial charge in [-0.2, -0.15) is 0 Å². The molecular formula is C10H11N5O2. The summed E-state index contributed by atoms with van der Waals surface area (Å²) in [5.74, 6) is -0.0789. The molecule has 88 valence electrons. The molecule has 0 saturated carbocycles. The Labute approximate surface area is 97.2 Å². The standard InChI is InChI=1S/C10H11N5O2/c1-14-12-9(10(13-14)15(16)17)11-7-8-5-3-2-4-6-8/h2-6H,7H2,1H3,(H,11,12). The van der Waals surface area contributed by atoms with Crippen LogP contribution >= 0.6 is 0 Å². The Hall–Kier alpha value is -2.44. The molecular weight excluding hydrogens is 222 g/mol. The number of rotatable bonds is 4. The van der Waals surface area contributed by atoms with Crippen LogP contribution in [0.4, 0.5) is 11.6 Å². The van der Waals surface area contributed by atoms with Crippen molar-refractivity contribution in [2.75, 3.05) is 5.32 Å². The summed E-state index contributed by atoms with van der Waals surface area (Å²) in [4.78, 5) is 11.3. The first-order chi connectivity index (χ1) is 8.16. The number of nitro groups is 1. The van der Waals surface area contributed by atoms with Crippen LogP contribution in [0.2, 0.25) is 0 Å². The van der Waals surface area contributed by atoms with Gasteiger partial charge in [0.05, 0.1) is 12.1 Å². The Morgan fingerprint density at radius 1 is 1.35 bits per heavy atom. The summed E-state index contributed by atoms with van der Waals surface area (Å²) < 4.78 is 0. The molecule has 0 aliphatic rings. The van der Waals surface area contributed by atoms with Crippen LogP contribution in [0.1, 0.15) is 5.56 Å². The van der Waals surface area contributed by atoms with Crippen LogP contribution in [0.15, 0.2) is 30.3 Å². The highest BCUT2D eigenvalue weighted by Gasteiger charge is 2.20. The van der Waals surface area contributed by atoms with Crippen LogP contribution in [-0.4, -0.2) is 19.9 Å². The second-order valence-electron chi connectivity index (χ2n) is 3.46. The van der Waals surface area contributed by atoms with Gasteiger partial charge in [-0.1, -0.05) is 35.1 Å². The number of aromatic nitrogens is 3. The minimum absolute atomic E-state index is 0.182. The Morgan fingerprint density at radius 3 is 2.71 bits per heavy atom. The number of anilines is 1. The lowest BCUT2D eigenvalue weighted by molar-refractivity contribution is -0.388. The Balaban J connectivity index is 2.11. The summed E-state index contributed by atoms with van der Waals surface area (Å²) in [6.45, 7) is 0.473. The molecule has 0 aliphatic carbocycles. The normalized spacial score (nSPS) is 10.2. The number of benzene rings is 1. The summed E-state index contributed by atoms with van der Waals surface area (Å²) in [7, 11) is 1.54. The fourth-order valence-electron chi connectivity index (χ4n) is 1.42. The van der Waals surface area contributed by atoms with Gasteiger partial charge in [0.1, 0.15) is 0 Å². The number of hydrogen-bond acceptors (Lipinski definition) is 5. The molecule has 1 heterocycles. The molecule has 0 unspecified atom stereocenters. The van der Waals surface area contributed by atoms with E-state index in [0.717, 1.165) is 5.56 Å². The molecule has 0 radical (unpaired) electrons. The highest BCUT2D eigenvalue weighted by molar-refractivity contribution is 5.49. The zero-order valence-corrected chi connectivity index (χ0v) is 9.20. The van der Waals surface area contributed by atoms with Crippen molar-refractivity contribution in [3.63, 3.8) is 0 Å². The molecule has 0 amide bonds.